The SMILES string of the molecule is CCN1C(=O)c2cccc3c(NC(=O)c4ccc(S(=O)(=O)N(C)C5CCCC5)cc4)ccc1c23. The number of nitrogens with zero attached hydrogens (tertiary/aromatic N) is 2. The minimum absolute atomic E-state index is 0.0345. The third-order valence-corrected chi connectivity index (χ3v) is 8.91. The lowest BCUT2D eigenvalue weighted by Crippen LogP contribution is -2.35. The highest BCUT2D eigenvalue weighted by atomic mass is 32.2. The first-order valence-electron chi connectivity index (χ1n) is 11.6. The van der Waals surface area contributed by atoms with E-state index in [0.29, 0.717) is 23.4 Å². The number of hydrogen-bond donors (Lipinski definition) is 1. The molecule has 2 amide bonds. The molecule has 8 heteroatoms. The van der Waals surface area contributed by atoms with Gasteiger partial charge in [0.15, 0.2) is 0 Å². The molecule has 0 atom stereocenters. The molecule has 0 unspecified atom stereocenters. The van der Waals surface area contributed by atoms with Crippen molar-refractivity contribution in [3.63, 3.8) is 0 Å². The lowest BCUT2D eigenvalue weighted by atomic mass is 10.0. The van der Waals surface area contributed by atoms with Gasteiger partial charge >= 0.3 is 0 Å². The Labute approximate surface area is 199 Å². The standard InChI is InChI=1S/C26H27N3O4S/c1-3-29-23-16-15-22(20-9-6-10-21(24(20)23)26(29)31)27-25(30)17-11-13-19(14-12-17)34(32,33)28(2)18-7-4-5-8-18/h6,9-16,18H,3-5,7-8H2,1-2H3,(H,27,30). The third kappa shape index (κ3) is 3.58. The van der Waals surface area contributed by atoms with Crippen molar-refractivity contribution in [3.8, 4) is 0 Å². The maximum Gasteiger partial charge on any atom is 0.258 e. The van der Waals surface area contributed by atoms with Crippen LogP contribution in [0.5, 0.6) is 0 Å². The Hall–Kier alpha value is -3.23. The normalized spacial score (nSPS) is 16.1. The summed E-state index contributed by atoms with van der Waals surface area (Å²) in [5.41, 5.74) is 2.44. The monoisotopic (exact) mass is 477 g/mol. The molecule has 0 bridgehead atoms. The van der Waals surface area contributed by atoms with Crippen LogP contribution >= 0.6 is 0 Å². The fraction of sp³-hybridized carbons (Fsp3) is 0.308. The summed E-state index contributed by atoms with van der Waals surface area (Å²) < 4.78 is 27.4. The molecule has 3 aromatic rings. The van der Waals surface area contributed by atoms with Crippen LogP contribution in [0.15, 0.2) is 59.5 Å². The highest BCUT2D eigenvalue weighted by Gasteiger charge is 2.31. The van der Waals surface area contributed by atoms with E-state index in [-0.39, 0.29) is 22.8 Å². The predicted molar refractivity (Wildman–Crippen MR) is 133 cm³/mol. The van der Waals surface area contributed by atoms with E-state index in [4.69, 9.17) is 0 Å². The summed E-state index contributed by atoms with van der Waals surface area (Å²) in [7, 11) is -1.97. The topological polar surface area (TPSA) is 86.8 Å². The largest absolute Gasteiger partial charge is 0.321 e. The Balaban J connectivity index is 1.40. The molecule has 0 aromatic heterocycles. The van der Waals surface area contributed by atoms with Gasteiger partial charge in [0.2, 0.25) is 10.0 Å². The van der Waals surface area contributed by atoms with E-state index in [1.54, 1.807) is 24.1 Å². The van der Waals surface area contributed by atoms with Crippen molar-refractivity contribution in [2.45, 2.75) is 43.5 Å². The molecule has 34 heavy (non-hydrogen) atoms. The van der Waals surface area contributed by atoms with Crippen LogP contribution in [0.3, 0.4) is 0 Å². The highest BCUT2D eigenvalue weighted by Crippen LogP contribution is 2.40. The van der Waals surface area contributed by atoms with Crippen LogP contribution in [-0.4, -0.2) is 44.2 Å². The van der Waals surface area contributed by atoms with E-state index in [1.807, 2.05) is 25.1 Å². The first kappa shape index (κ1) is 22.6. The molecular weight excluding hydrogens is 450 g/mol. The second-order valence-corrected chi connectivity index (χ2v) is 10.8. The fourth-order valence-electron chi connectivity index (χ4n) is 5.07. The molecule has 1 aliphatic heterocycles. The predicted octanol–water partition coefficient (Wildman–Crippen LogP) is 4.64. The summed E-state index contributed by atoms with van der Waals surface area (Å²) >= 11 is 0. The van der Waals surface area contributed by atoms with Crippen molar-refractivity contribution in [1.82, 2.24) is 4.31 Å². The minimum atomic E-state index is -3.60. The molecule has 1 saturated carbocycles. The highest BCUT2D eigenvalue weighted by molar-refractivity contribution is 7.89. The Morgan fingerprint density at radius 2 is 1.76 bits per heavy atom. The van der Waals surface area contributed by atoms with E-state index >= 15 is 0 Å². The summed E-state index contributed by atoms with van der Waals surface area (Å²) in [5, 5.41) is 4.56. The number of carbonyl (C=O) groups is 2. The van der Waals surface area contributed by atoms with E-state index in [2.05, 4.69) is 5.32 Å². The van der Waals surface area contributed by atoms with E-state index in [1.165, 1.54) is 28.6 Å². The molecule has 1 aliphatic carbocycles. The van der Waals surface area contributed by atoms with Gasteiger partial charge in [0, 0.05) is 47.2 Å². The zero-order chi connectivity index (χ0) is 24.0. The van der Waals surface area contributed by atoms with Gasteiger partial charge in [-0.15, -0.1) is 0 Å². The van der Waals surface area contributed by atoms with Gasteiger partial charge in [-0.25, -0.2) is 8.42 Å². The van der Waals surface area contributed by atoms with Crippen LogP contribution in [0.25, 0.3) is 10.8 Å². The number of anilines is 2. The summed E-state index contributed by atoms with van der Waals surface area (Å²) in [5.74, 6) is -0.378. The molecule has 176 valence electrons. The summed E-state index contributed by atoms with van der Waals surface area (Å²) in [6.45, 7) is 2.50. The van der Waals surface area contributed by atoms with Gasteiger partial charge in [-0.3, -0.25) is 9.59 Å². The second-order valence-electron chi connectivity index (χ2n) is 8.85. The van der Waals surface area contributed by atoms with Crippen LogP contribution in [0.4, 0.5) is 11.4 Å². The number of nitrogens with one attached hydrogen (secondary N) is 1. The maximum absolute atomic E-state index is 13.0. The average molecular weight is 478 g/mol. The van der Waals surface area contributed by atoms with Crippen molar-refractivity contribution in [3.05, 3.63) is 65.7 Å². The Morgan fingerprint density at radius 3 is 2.44 bits per heavy atom. The van der Waals surface area contributed by atoms with Crippen LogP contribution in [0.1, 0.15) is 53.3 Å². The van der Waals surface area contributed by atoms with Crippen molar-refractivity contribution in [2.75, 3.05) is 23.8 Å². The second kappa shape index (κ2) is 8.52. The molecule has 0 spiro atoms. The summed E-state index contributed by atoms with van der Waals surface area (Å²) in [6.07, 6.45) is 3.86. The number of rotatable bonds is 6. The summed E-state index contributed by atoms with van der Waals surface area (Å²) in [4.78, 5) is 27.6. The number of hydrogen-bond acceptors (Lipinski definition) is 4. The number of sulfonamides is 1. The fourth-order valence-corrected chi connectivity index (χ4v) is 6.49. The van der Waals surface area contributed by atoms with Gasteiger partial charge < -0.3 is 10.2 Å². The summed E-state index contributed by atoms with van der Waals surface area (Å²) in [6, 6.07) is 15.2. The molecular formula is C26H27N3O4S. The number of benzene rings is 3. The van der Waals surface area contributed by atoms with Crippen molar-refractivity contribution >= 4 is 44.0 Å². The van der Waals surface area contributed by atoms with Gasteiger partial charge in [-0.2, -0.15) is 4.31 Å². The number of amides is 2. The zero-order valence-electron chi connectivity index (χ0n) is 19.2. The lowest BCUT2D eigenvalue weighted by Gasteiger charge is -2.23. The maximum atomic E-state index is 13.0. The molecule has 3 aromatic carbocycles. The van der Waals surface area contributed by atoms with E-state index < -0.39 is 10.0 Å². The van der Waals surface area contributed by atoms with Crippen LogP contribution < -0.4 is 10.2 Å². The molecule has 5 rings (SSSR count). The van der Waals surface area contributed by atoms with Gasteiger partial charge in [0.05, 0.1) is 10.6 Å². The van der Waals surface area contributed by atoms with Crippen molar-refractivity contribution < 1.29 is 18.0 Å². The van der Waals surface area contributed by atoms with Gasteiger partial charge in [-0.1, -0.05) is 25.0 Å². The van der Waals surface area contributed by atoms with Gasteiger partial charge in [0.25, 0.3) is 11.8 Å². The molecule has 1 N–H and O–H groups in total. The van der Waals surface area contributed by atoms with Crippen LogP contribution in [0.2, 0.25) is 0 Å². The van der Waals surface area contributed by atoms with Gasteiger partial charge in [-0.05, 0) is 62.2 Å². The Morgan fingerprint density at radius 1 is 1.06 bits per heavy atom. The Kier molecular flexibility index (Phi) is 5.65. The van der Waals surface area contributed by atoms with Crippen LogP contribution in [0, 0.1) is 0 Å². The number of carbonyl (C=O) groups excluding carboxylic acids is 2. The lowest BCUT2D eigenvalue weighted by molar-refractivity contribution is 0.0992. The minimum Gasteiger partial charge on any atom is -0.321 e. The smallest absolute Gasteiger partial charge is 0.258 e. The van der Waals surface area contributed by atoms with Crippen molar-refractivity contribution in [2.24, 2.45) is 0 Å². The molecule has 1 fully saturated rings. The first-order chi connectivity index (χ1) is 16.3. The van der Waals surface area contributed by atoms with Gasteiger partial charge in [0.1, 0.15) is 0 Å². The van der Waals surface area contributed by atoms with E-state index in [9.17, 15) is 18.0 Å². The third-order valence-electron chi connectivity index (χ3n) is 6.98. The molecule has 1 heterocycles. The molecule has 2 aliphatic rings. The Bertz CT molecular complexity index is 1390. The first-order valence-corrected chi connectivity index (χ1v) is 13.0. The molecule has 7 nitrogen and oxygen atoms in total. The quantitative estimate of drug-likeness (QED) is 0.561. The average Bonchev–Trinajstić information content (AvgIpc) is 3.48. The molecule has 0 saturated heterocycles. The zero-order valence-corrected chi connectivity index (χ0v) is 20.1. The van der Waals surface area contributed by atoms with Crippen LogP contribution in [-0.2, 0) is 10.0 Å². The molecule has 0 radical (unpaired) electrons. The van der Waals surface area contributed by atoms with E-state index in [0.717, 1.165) is 42.1 Å². The van der Waals surface area contributed by atoms with Crippen molar-refractivity contribution in [1.29, 1.82) is 0 Å².